The average molecular weight is 469 g/mol. The Bertz CT molecular complexity index is 886. The van der Waals surface area contributed by atoms with Gasteiger partial charge in [0.25, 0.3) is 0 Å². The van der Waals surface area contributed by atoms with Crippen LogP contribution in [0.3, 0.4) is 0 Å². The minimum Gasteiger partial charge on any atom is -0.492 e. The second-order valence-electron chi connectivity index (χ2n) is 5.09. The molecule has 0 spiro atoms. The zero-order valence-corrected chi connectivity index (χ0v) is 16.2. The molecule has 1 aliphatic rings. The largest absolute Gasteiger partial charge is 0.492 e. The molecule has 1 heterocycles. The highest BCUT2D eigenvalue weighted by molar-refractivity contribution is 9.11. The minimum absolute atomic E-state index is 0.0832. The van der Waals surface area contributed by atoms with E-state index in [1.807, 2.05) is 19.1 Å². The molecule has 2 aromatic carbocycles. The summed E-state index contributed by atoms with van der Waals surface area (Å²) in [6.45, 7) is 2.43. The Hall–Kier alpha value is -1.99. The van der Waals surface area contributed by atoms with E-state index in [4.69, 9.17) is 9.47 Å². The van der Waals surface area contributed by atoms with Crippen molar-refractivity contribution in [2.75, 3.05) is 6.61 Å². The fraction of sp³-hybridized carbons (Fsp3) is 0.111. The van der Waals surface area contributed by atoms with Gasteiger partial charge in [-0.15, -0.1) is 0 Å². The molecule has 25 heavy (non-hydrogen) atoms. The van der Waals surface area contributed by atoms with Gasteiger partial charge in [0.15, 0.2) is 5.70 Å². The Morgan fingerprint density at radius 2 is 1.96 bits per heavy atom. The van der Waals surface area contributed by atoms with Crippen LogP contribution < -0.4 is 4.74 Å². The van der Waals surface area contributed by atoms with E-state index in [0.29, 0.717) is 17.9 Å². The van der Waals surface area contributed by atoms with Gasteiger partial charge in [-0.1, -0.05) is 6.07 Å². The molecule has 0 N–H and O–H groups in total. The Kier molecular flexibility index (Phi) is 5.34. The second kappa shape index (κ2) is 7.49. The molecule has 0 aliphatic carbocycles. The Morgan fingerprint density at radius 3 is 2.60 bits per heavy atom. The molecule has 7 heteroatoms. The molecule has 0 amide bonds. The van der Waals surface area contributed by atoms with E-state index in [1.54, 1.807) is 12.1 Å². The summed E-state index contributed by atoms with van der Waals surface area (Å²) < 4.78 is 25.5. The molecule has 1 aliphatic heterocycles. The molecule has 0 aromatic heterocycles. The number of halogens is 3. The Labute approximate surface area is 160 Å². The first-order valence-corrected chi connectivity index (χ1v) is 8.97. The predicted molar refractivity (Wildman–Crippen MR) is 100 cm³/mol. The number of carbonyl (C=O) groups is 1. The summed E-state index contributed by atoms with van der Waals surface area (Å²) in [7, 11) is 0. The van der Waals surface area contributed by atoms with Crippen LogP contribution in [0.1, 0.15) is 18.1 Å². The number of benzene rings is 2. The van der Waals surface area contributed by atoms with Gasteiger partial charge in [0.2, 0.25) is 5.90 Å². The van der Waals surface area contributed by atoms with E-state index in [1.165, 1.54) is 18.2 Å². The van der Waals surface area contributed by atoms with Gasteiger partial charge in [0.1, 0.15) is 11.6 Å². The number of carbonyl (C=O) groups excluding carboxylic acids is 1. The third kappa shape index (κ3) is 3.99. The van der Waals surface area contributed by atoms with E-state index >= 15 is 0 Å². The Balaban J connectivity index is 1.94. The van der Waals surface area contributed by atoms with Crippen LogP contribution in [0.15, 0.2) is 56.0 Å². The van der Waals surface area contributed by atoms with Gasteiger partial charge in [-0.3, -0.25) is 0 Å². The number of hydrogen-bond acceptors (Lipinski definition) is 4. The molecule has 128 valence electrons. The summed E-state index contributed by atoms with van der Waals surface area (Å²) in [5, 5.41) is 0. The molecule has 0 bridgehead atoms. The number of hydrogen-bond donors (Lipinski definition) is 0. The lowest BCUT2D eigenvalue weighted by Gasteiger charge is -2.09. The molecular formula is C18H12Br2FNO3. The van der Waals surface area contributed by atoms with Crippen molar-refractivity contribution in [3.63, 3.8) is 0 Å². The molecule has 0 saturated carbocycles. The smallest absolute Gasteiger partial charge is 0.363 e. The van der Waals surface area contributed by atoms with Crippen LogP contribution in [0, 0.1) is 5.82 Å². The fourth-order valence-electron chi connectivity index (χ4n) is 2.26. The summed E-state index contributed by atoms with van der Waals surface area (Å²) in [5.41, 5.74) is 1.28. The van der Waals surface area contributed by atoms with Crippen molar-refractivity contribution < 1.29 is 18.7 Å². The maximum Gasteiger partial charge on any atom is 0.363 e. The number of rotatable bonds is 4. The van der Waals surface area contributed by atoms with E-state index < -0.39 is 11.8 Å². The molecule has 0 radical (unpaired) electrons. The topological polar surface area (TPSA) is 47.9 Å². The summed E-state index contributed by atoms with van der Waals surface area (Å²) in [6.07, 6.45) is 1.60. The summed E-state index contributed by atoms with van der Waals surface area (Å²) in [5.74, 6) is -0.240. The highest BCUT2D eigenvalue weighted by Gasteiger charge is 2.24. The van der Waals surface area contributed by atoms with Gasteiger partial charge < -0.3 is 9.47 Å². The molecule has 4 nitrogen and oxygen atoms in total. The average Bonchev–Trinajstić information content (AvgIpc) is 2.92. The van der Waals surface area contributed by atoms with Crippen molar-refractivity contribution in [1.82, 2.24) is 0 Å². The first-order chi connectivity index (χ1) is 12.0. The normalized spacial score (nSPS) is 15.3. The van der Waals surface area contributed by atoms with Gasteiger partial charge in [-0.2, -0.15) is 0 Å². The molecular weight excluding hydrogens is 457 g/mol. The lowest BCUT2D eigenvalue weighted by molar-refractivity contribution is -0.129. The van der Waals surface area contributed by atoms with Crippen molar-refractivity contribution in [3.05, 3.63) is 68.0 Å². The third-order valence-electron chi connectivity index (χ3n) is 3.30. The standard InChI is InChI=1S/C18H12Br2FNO3/c1-2-24-16-13(19)6-10(7-14(16)20)8-15-18(23)25-17(22-15)11-4-3-5-12(21)9-11/h3-9H,2H2,1H3/b15-8-. The van der Waals surface area contributed by atoms with Gasteiger partial charge in [0.05, 0.1) is 15.6 Å². The first-order valence-electron chi connectivity index (χ1n) is 7.38. The lowest BCUT2D eigenvalue weighted by atomic mass is 10.2. The maximum atomic E-state index is 13.3. The van der Waals surface area contributed by atoms with Crippen LogP contribution in [-0.2, 0) is 9.53 Å². The van der Waals surface area contributed by atoms with Crippen molar-refractivity contribution in [2.45, 2.75) is 6.92 Å². The van der Waals surface area contributed by atoms with Gasteiger partial charge in [-0.25, -0.2) is 14.2 Å². The van der Waals surface area contributed by atoms with E-state index in [-0.39, 0.29) is 11.6 Å². The monoisotopic (exact) mass is 467 g/mol. The van der Waals surface area contributed by atoms with Gasteiger partial charge in [0, 0.05) is 5.56 Å². The van der Waals surface area contributed by atoms with Crippen LogP contribution >= 0.6 is 31.9 Å². The number of cyclic esters (lactones) is 1. The summed E-state index contributed by atoms with van der Waals surface area (Å²) in [4.78, 5) is 16.2. The zero-order valence-electron chi connectivity index (χ0n) is 13.1. The number of ether oxygens (including phenoxy) is 2. The van der Waals surface area contributed by atoms with Crippen LogP contribution in [0.4, 0.5) is 4.39 Å². The van der Waals surface area contributed by atoms with Crippen molar-refractivity contribution in [3.8, 4) is 5.75 Å². The summed E-state index contributed by atoms with van der Waals surface area (Å²) >= 11 is 6.88. The highest BCUT2D eigenvalue weighted by Crippen LogP contribution is 2.35. The van der Waals surface area contributed by atoms with Gasteiger partial charge >= 0.3 is 5.97 Å². The molecule has 0 fully saturated rings. The van der Waals surface area contributed by atoms with Crippen LogP contribution in [-0.4, -0.2) is 18.5 Å². The quantitative estimate of drug-likeness (QED) is 0.463. The zero-order chi connectivity index (χ0) is 18.0. The first kappa shape index (κ1) is 17.8. The fourth-order valence-corrected chi connectivity index (χ4v) is 3.71. The van der Waals surface area contributed by atoms with Crippen LogP contribution in [0.5, 0.6) is 5.75 Å². The molecule has 0 atom stereocenters. The van der Waals surface area contributed by atoms with Crippen molar-refractivity contribution in [2.24, 2.45) is 4.99 Å². The van der Waals surface area contributed by atoms with Crippen LogP contribution in [0.25, 0.3) is 6.08 Å². The predicted octanol–water partition coefficient (Wildman–Crippen LogP) is 5.09. The van der Waals surface area contributed by atoms with E-state index in [2.05, 4.69) is 36.9 Å². The molecule has 0 unspecified atom stereocenters. The molecule has 3 rings (SSSR count). The number of esters is 1. The SMILES string of the molecule is CCOc1c(Br)cc(/C=C2\N=C(c3cccc(F)c3)OC2=O)cc1Br. The minimum atomic E-state index is -0.583. The van der Waals surface area contributed by atoms with E-state index in [0.717, 1.165) is 14.5 Å². The second-order valence-corrected chi connectivity index (χ2v) is 6.80. The van der Waals surface area contributed by atoms with Gasteiger partial charge in [-0.05, 0) is 80.8 Å². The summed E-state index contributed by atoms with van der Waals surface area (Å²) in [6, 6.07) is 9.36. The van der Waals surface area contributed by atoms with Crippen molar-refractivity contribution >= 4 is 49.8 Å². The van der Waals surface area contributed by atoms with Crippen molar-refractivity contribution in [1.29, 1.82) is 0 Å². The molecule has 0 saturated heterocycles. The molecule has 2 aromatic rings. The maximum absolute atomic E-state index is 13.3. The number of nitrogens with zero attached hydrogens (tertiary/aromatic N) is 1. The highest BCUT2D eigenvalue weighted by atomic mass is 79.9. The number of aliphatic imine (C=N–C) groups is 1. The van der Waals surface area contributed by atoms with E-state index in [9.17, 15) is 9.18 Å². The third-order valence-corrected chi connectivity index (χ3v) is 4.48. The lowest BCUT2D eigenvalue weighted by Crippen LogP contribution is -2.05. The Morgan fingerprint density at radius 1 is 1.24 bits per heavy atom. The van der Waals surface area contributed by atoms with Crippen LogP contribution in [0.2, 0.25) is 0 Å².